The summed E-state index contributed by atoms with van der Waals surface area (Å²) in [7, 11) is 0. The van der Waals surface area contributed by atoms with Gasteiger partial charge in [0.2, 0.25) is 0 Å². The third kappa shape index (κ3) is 3.15. The van der Waals surface area contributed by atoms with Crippen LogP contribution in [0.2, 0.25) is 0 Å². The number of nitrogens with two attached hydrogens (primary N) is 1. The van der Waals surface area contributed by atoms with E-state index in [0.717, 1.165) is 16.9 Å². The summed E-state index contributed by atoms with van der Waals surface area (Å²) in [4.78, 5) is 0. The van der Waals surface area contributed by atoms with Gasteiger partial charge in [0.25, 0.3) is 0 Å². The van der Waals surface area contributed by atoms with Crippen LogP contribution in [0.15, 0.2) is 23.4 Å². The Bertz CT molecular complexity index is 368. The van der Waals surface area contributed by atoms with Gasteiger partial charge in [-0.2, -0.15) is 0 Å². The highest BCUT2D eigenvalue weighted by Gasteiger charge is 2.13. The number of benzene rings is 1. The maximum Gasteiger partial charge on any atom is 0.180 e. The minimum Gasteiger partial charge on any atom is -0.482 e. The van der Waals surface area contributed by atoms with E-state index in [1.165, 1.54) is 0 Å². The maximum absolute atomic E-state index is 8.61. The van der Waals surface area contributed by atoms with Crippen LogP contribution in [0.3, 0.4) is 0 Å². The number of rotatable bonds is 4. The maximum atomic E-state index is 8.61. The van der Waals surface area contributed by atoms with Crippen LogP contribution in [-0.4, -0.2) is 17.1 Å². The number of hydrogen-bond donors (Lipinski definition) is 2. The molecule has 1 aromatic carbocycles. The Morgan fingerprint density at radius 1 is 1.38 bits per heavy atom. The normalized spacial score (nSPS) is 13.6. The van der Waals surface area contributed by atoms with Crippen molar-refractivity contribution in [2.75, 3.05) is 0 Å². The number of ether oxygens (including phenoxy) is 1. The van der Waals surface area contributed by atoms with Gasteiger partial charge in [0.05, 0.1) is 0 Å². The lowest BCUT2D eigenvalue weighted by Gasteiger charge is -2.16. The molecule has 16 heavy (non-hydrogen) atoms. The summed E-state index contributed by atoms with van der Waals surface area (Å²) in [5, 5.41) is 11.6. The summed E-state index contributed by atoms with van der Waals surface area (Å²) in [5.41, 5.74) is 7.78. The molecule has 3 N–H and O–H groups in total. The Morgan fingerprint density at radius 3 is 2.38 bits per heavy atom. The molecule has 0 aromatic heterocycles. The Hall–Kier alpha value is -1.71. The molecular formula is C12H18N2O2. The van der Waals surface area contributed by atoms with E-state index in [9.17, 15) is 0 Å². The first-order valence-corrected chi connectivity index (χ1v) is 5.29. The highest BCUT2D eigenvalue weighted by atomic mass is 16.5. The summed E-state index contributed by atoms with van der Waals surface area (Å²) in [6.07, 6.45) is 0.272. The molecule has 0 radical (unpaired) electrons. The van der Waals surface area contributed by atoms with E-state index in [0.29, 0.717) is 6.42 Å². The molecule has 1 aromatic rings. The van der Waals surface area contributed by atoms with Crippen LogP contribution < -0.4 is 10.5 Å². The minimum absolute atomic E-state index is 0.0988. The fourth-order valence-corrected chi connectivity index (χ4v) is 1.58. The van der Waals surface area contributed by atoms with Crippen molar-refractivity contribution in [1.29, 1.82) is 0 Å². The molecule has 4 nitrogen and oxygen atoms in total. The first kappa shape index (κ1) is 12.4. The van der Waals surface area contributed by atoms with Gasteiger partial charge >= 0.3 is 0 Å². The topological polar surface area (TPSA) is 67.8 Å². The Kier molecular flexibility index (Phi) is 4.17. The van der Waals surface area contributed by atoms with Crippen LogP contribution in [0.4, 0.5) is 0 Å². The lowest BCUT2D eigenvalue weighted by molar-refractivity contribution is 0.246. The summed E-state index contributed by atoms with van der Waals surface area (Å²) >= 11 is 0. The van der Waals surface area contributed by atoms with Crippen molar-refractivity contribution in [1.82, 2.24) is 0 Å². The lowest BCUT2D eigenvalue weighted by atomic mass is 10.1. The highest BCUT2D eigenvalue weighted by molar-refractivity contribution is 5.84. The Labute approximate surface area is 95.7 Å². The van der Waals surface area contributed by atoms with Crippen LogP contribution in [0, 0.1) is 13.8 Å². The van der Waals surface area contributed by atoms with Crippen molar-refractivity contribution >= 4 is 5.84 Å². The molecule has 0 fully saturated rings. The third-order valence-corrected chi connectivity index (χ3v) is 2.29. The molecule has 4 heteroatoms. The van der Waals surface area contributed by atoms with E-state index in [4.69, 9.17) is 15.7 Å². The van der Waals surface area contributed by atoms with Gasteiger partial charge in [0.1, 0.15) is 5.75 Å². The number of hydrogen-bond acceptors (Lipinski definition) is 3. The van der Waals surface area contributed by atoms with Gasteiger partial charge in [0.15, 0.2) is 11.9 Å². The molecule has 0 aliphatic carbocycles. The molecule has 0 saturated carbocycles. The standard InChI is InChI=1S/C12H18N2O2/c1-4-11(12(13)14-15)16-10-6-8(2)5-9(3)7-10/h5-7,11,15H,4H2,1-3H3,(H2,13,14). The van der Waals surface area contributed by atoms with Crippen molar-refractivity contribution in [3.8, 4) is 5.75 Å². The SMILES string of the molecule is CCC(Oc1cc(C)cc(C)c1)C(N)=NO. The van der Waals surface area contributed by atoms with E-state index in [1.54, 1.807) is 0 Å². The monoisotopic (exact) mass is 222 g/mol. The molecule has 0 saturated heterocycles. The average Bonchev–Trinajstić information content (AvgIpc) is 2.23. The first-order valence-electron chi connectivity index (χ1n) is 5.29. The number of amidine groups is 1. The van der Waals surface area contributed by atoms with E-state index in [2.05, 4.69) is 11.2 Å². The van der Waals surface area contributed by atoms with Crippen molar-refractivity contribution in [2.24, 2.45) is 10.9 Å². The molecule has 0 aliphatic rings. The summed E-state index contributed by atoms with van der Waals surface area (Å²) in [5.74, 6) is 0.845. The molecule has 1 unspecified atom stereocenters. The predicted octanol–water partition coefficient (Wildman–Crippen LogP) is 2.21. The van der Waals surface area contributed by atoms with Crippen LogP contribution in [0.25, 0.3) is 0 Å². The van der Waals surface area contributed by atoms with Crippen LogP contribution in [0.5, 0.6) is 5.75 Å². The van der Waals surface area contributed by atoms with E-state index < -0.39 is 0 Å². The molecule has 0 amide bonds. The van der Waals surface area contributed by atoms with Gasteiger partial charge in [-0.1, -0.05) is 18.1 Å². The van der Waals surface area contributed by atoms with Gasteiger partial charge in [-0.3, -0.25) is 0 Å². The zero-order valence-electron chi connectivity index (χ0n) is 9.90. The summed E-state index contributed by atoms with van der Waals surface area (Å²) in [6, 6.07) is 5.93. The molecule has 1 rings (SSSR count). The fourth-order valence-electron chi connectivity index (χ4n) is 1.58. The van der Waals surface area contributed by atoms with Crippen LogP contribution >= 0.6 is 0 Å². The largest absolute Gasteiger partial charge is 0.482 e. The summed E-state index contributed by atoms with van der Waals surface area (Å²) in [6.45, 7) is 5.93. The number of aryl methyl sites for hydroxylation is 2. The van der Waals surface area contributed by atoms with Gasteiger partial charge in [-0.05, 0) is 43.5 Å². The Morgan fingerprint density at radius 2 is 1.94 bits per heavy atom. The molecule has 0 spiro atoms. The quantitative estimate of drug-likeness (QED) is 0.355. The van der Waals surface area contributed by atoms with Crippen molar-refractivity contribution < 1.29 is 9.94 Å². The molecule has 88 valence electrons. The predicted molar refractivity (Wildman–Crippen MR) is 64.0 cm³/mol. The minimum atomic E-state index is -0.383. The van der Waals surface area contributed by atoms with Crippen molar-refractivity contribution in [2.45, 2.75) is 33.3 Å². The number of oxime groups is 1. The number of nitrogens with zero attached hydrogens (tertiary/aromatic N) is 1. The zero-order valence-corrected chi connectivity index (χ0v) is 9.90. The van der Waals surface area contributed by atoms with Gasteiger partial charge in [-0.15, -0.1) is 0 Å². The van der Waals surface area contributed by atoms with Gasteiger partial charge in [0, 0.05) is 0 Å². The second-order valence-corrected chi connectivity index (χ2v) is 3.86. The second kappa shape index (κ2) is 5.39. The fraction of sp³-hybridized carbons (Fsp3) is 0.417. The average molecular weight is 222 g/mol. The van der Waals surface area contributed by atoms with Gasteiger partial charge < -0.3 is 15.7 Å². The molecule has 0 bridgehead atoms. The van der Waals surface area contributed by atoms with Crippen LogP contribution in [0.1, 0.15) is 24.5 Å². The van der Waals surface area contributed by atoms with Crippen molar-refractivity contribution in [3.05, 3.63) is 29.3 Å². The summed E-state index contributed by atoms with van der Waals surface area (Å²) < 4.78 is 5.66. The first-order chi connectivity index (χ1) is 7.56. The van der Waals surface area contributed by atoms with E-state index >= 15 is 0 Å². The molecule has 0 aliphatic heterocycles. The van der Waals surface area contributed by atoms with Gasteiger partial charge in [-0.25, -0.2) is 0 Å². The zero-order chi connectivity index (χ0) is 12.1. The van der Waals surface area contributed by atoms with E-state index in [-0.39, 0.29) is 11.9 Å². The van der Waals surface area contributed by atoms with Crippen LogP contribution in [-0.2, 0) is 0 Å². The third-order valence-electron chi connectivity index (χ3n) is 2.29. The van der Waals surface area contributed by atoms with Crippen molar-refractivity contribution in [3.63, 3.8) is 0 Å². The van der Waals surface area contributed by atoms with E-state index in [1.807, 2.05) is 32.9 Å². The highest BCUT2D eigenvalue weighted by Crippen LogP contribution is 2.18. The molecule has 0 heterocycles. The smallest absolute Gasteiger partial charge is 0.180 e. The molecule has 1 atom stereocenters. The Balaban J connectivity index is 2.86. The second-order valence-electron chi connectivity index (χ2n) is 3.86. The lowest BCUT2D eigenvalue weighted by Crippen LogP contribution is -2.33. The molecular weight excluding hydrogens is 204 g/mol.